The molecule has 1 amide bonds. The molecule has 10 heteroatoms. The van der Waals surface area contributed by atoms with Crippen LogP contribution in [0.5, 0.6) is 0 Å². The molecular formula is C21H23FN4O4S. The van der Waals surface area contributed by atoms with Crippen LogP contribution in [0.1, 0.15) is 26.3 Å². The molecule has 3 aromatic heterocycles. The average Bonchev–Trinajstić information content (AvgIpc) is 3.12. The van der Waals surface area contributed by atoms with Crippen molar-refractivity contribution in [1.82, 2.24) is 18.8 Å². The molecule has 31 heavy (non-hydrogen) atoms. The van der Waals surface area contributed by atoms with Gasteiger partial charge in [0.2, 0.25) is 0 Å². The van der Waals surface area contributed by atoms with E-state index < -0.39 is 21.9 Å². The van der Waals surface area contributed by atoms with Crippen LogP contribution in [0.3, 0.4) is 0 Å². The predicted molar refractivity (Wildman–Crippen MR) is 112 cm³/mol. The number of hydrogen-bond acceptors (Lipinski definition) is 5. The third-order valence-electron chi connectivity index (χ3n) is 4.39. The Morgan fingerprint density at radius 1 is 1.19 bits per heavy atom. The highest BCUT2D eigenvalue weighted by molar-refractivity contribution is 7.90. The van der Waals surface area contributed by atoms with Crippen molar-refractivity contribution in [1.29, 1.82) is 0 Å². The maximum atomic E-state index is 14.5. The number of nitrogens with zero attached hydrogens (tertiary/aromatic N) is 4. The van der Waals surface area contributed by atoms with Gasteiger partial charge in [-0.05, 0) is 35.2 Å². The maximum Gasteiger partial charge on any atom is 0.407 e. The summed E-state index contributed by atoms with van der Waals surface area (Å²) < 4.78 is 41.9. The summed E-state index contributed by atoms with van der Waals surface area (Å²) in [6, 6.07) is 5.72. The van der Waals surface area contributed by atoms with E-state index in [-0.39, 0.29) is 34.7 Å². The Morgan fingerprint density at radius 3 is 2.48 bits per heavy atom. The van der Waals surface area contributed by atoms with E-state index in [2.05, 4.69) is 9.97 Å². The van der Waals surface area contributed by atoms with Crippen LogP contribution in [0, 0.1) is 11.2 Å². The fourth-order valence-corrected chi connectivity index (χ4v) is 4.51. The van der Waals surface area contributed by atoms with Crippen LogP contribution >= 0.6 is 0 Å². The number of rotatable bonds is 6. The van der Waals surface area contributed by atoms with Crippen molar-refractivity contribution in [2.45, 2.75) is 32.2 Å². The van der Waals surface area contributed by atoms with Gasteiger partial charge in [-0.2, -0.15) is 0 Å². The quantitative estimate of drug-likeness (QED) is 0.617. The number of aromatic nitrogens is 3. The first-order chi connectivity index (χ1) is 14.5. The van der Waals surface area contributed by atoms with Gasteiger partial charge in [0.15, 0.2) is 5.82 Å². The normalized spacial score (nSPS) is 12.0. The fourth-order valence-electron chi connectivity index (χ4n) is 3.16. The van der Waals surface area contributed by atoms with E-state index in [4.69, 9.17) is 0 Å². The Bertz CT molecular complexity index is 1190. The number of halogens is 1. The molecule has 0 fully saturated rings. The number of pyridine rings is 2. The molecule has 0 aliphatic rings. The molecule has 164 valence electrons. The van der Waals surface area contributed by atoms with E-state index >= 15 is 0 Å². The first kappa shape index (κ1) is 22.4. The molecule has 0 saturated heterocycles. The van der Waals surface area contributed by atoms with E-state index in [0.717, 1.165) is 10.2 Å². The summed E-state index contributed by atoms with van der Waals surface area (Å²) in [6.45, 7) is 5.89. The molecule has 0 aromatic carbocycles. The van der Waals surface area contributed by atoms with Gasteiger partial charge >= 0.3 is 6.09 Å². The summed E-state index contributed by atoms with van der Waals surface area (Å²) in [7, 11) is -4.10. The van der Waals surface area contributed by atoms with Gasteiger partial charge in [0, 0.05) is 36.9 Å². The lowest BCUT2D eigenvalue weighted by Gasteiger charge is -2.27. The van der Waals surface area contributed by atoms with E-state index in [1.54, 1.807) is 0 Å². The monoisotopic (exact) mass is 446 g/mol. The second kappa shape index (κ2) is 8.46. The highest BCUT2D eigenvalue weighted by Gasteiger charge is 2.26. The summed E-state index contributed by atoms with van der Waals surface area (Å²) in [5, 5.41) is 9.60. The molecule has 0 spiro atoms. The zero-order valence-electron chi connectivity index (χ0n) is 17.4. The van der Waals surface area contributed by atoms with Gasteiger partial charge in [0.05, 0.1) is 18.4 Å². The summed E-state index contributed by atoms with van der Waals surface area (Å²) in [6.07, 6.45) is 5.18. The van der Waals surface area contributed by atoms with Crippen molar-refractivity contribution in [3.05, 3.63) is 66.6 Å². The Kier molecular flexibility index (Phi) is 6.12. The van der Waals surface area contributed by atoms with Crippen LogP contribution < -0.4 is 0 Å². The van der Waals surface area contributed by atoms with Gasteiger partial charge in [-0.3, -0.25) is 9.97 Å². The van der Waals surface area contributed by atoms with Gasteiger partial charge in [-0.15, -0.1) is 0 Å². The maximum absolute atomic E-state index is 14.5. The second-order valence-electron chi connectivity index (χ2n) is 8.28. The zero-order chi connectivity index (χ0) is 22.8. The van der Waals surface area contributed by atoms with Gasteiger partial charge < -0.3 is 10.0 Å². The summed E-state index contributed by atoms with van der Waals surface area (Å²) in [5.74, 6) is -0.695. The minimum absolute atomic E-state index is 0.0337. The van der Waals surface area contributed by atoms with E-state index in [1.807, 2.05) is 20.8 Å². The molecule has 0 radical (unpaired) electrons. The molecule has 0 aliphatic carbocycles. The van der Waals surface area contributed by atoms with Crippen molar-refractivity contribution in [2.75, 3.05) is 6.54 Å². The molecule has 0 atom stereocenters. The van der Waals surface area contributed by atoms with Crippen molar-refractivity contribution >= 4 is 16.1 Å². The minimum Gasteiger partial charge on any atom is -0.465 e. The van der Waals surface area contributed by atoms with Crippen LogP contribution in [0.4, 0.5) is 9.18 Å². The Morgan fingerprint density at radius 2 is 1.90 bits per heavy atom. The molecule has 3 rings (SSSR count). The first-order valence-electron chi connectivity index (χ1n) is 9.44. The van der Waals surface area contributed by atoms with Crippen LogP contribution in [0.15, 0.2) is 60.1 Å². The van der Waals surface area contributed by atoms with Crippen molar-refractivity contribution in [2.24, 2.45) is 5.41 Å². The minimum atomic E-state index is -4.10. The molecule has 0 aliphatic heterocycles. The van der Waals surface area contributed by atoms with Crippen LogP contribution in [-0.2, 0) is 16.6 Å². The summed E-state index contributed by atoms with van der Waals surface area (Å²) >= 11 is 0. The Balaban J connectivity index is 2.13. The molecule has 0 saturated carbocycles. The highest BCUT2D eigenvalue weighted by atomic mass is 32.2. The standard InChI is InChI=1S/C21H23FN4O4S/c1-21(2,3)14-25(20(27)28)12-15-9-19(17-6-8-24-11-18(17)22)26(13-15)31(29,30)16-5-4-7-23-10-16/h4-11,13H,12,14H2,1-3H3,(H,27,28). The molecule has 0 unspecified atom stereocenters. The van der Waals surface area contributed by atoms with Gasteiger partial charge in [0.25, 0.3) is 10.0 Å². The number of amides is 1. The molecule has 3 heterocycles. The van der Waals surface area contributed by atoms with E-state index in [1.165, 1.54) is 54.0 Å². The topological polar surface area (TPSA) is 105 Å². The molecule has 0 bridgehead atoms. The van der Waals surface area contributed by atoms with Crippen LogP contribution in [-0.4, -0.2) is 45.0 Å². The second-order valence-corrected chi connectivity index (χ2v) is 10.1. The summed E-state index contributed by atoms with van der Waals surface area (Å²) in [4.78, 5) is 20.4. The lowest BCUT2D eigenvalue weighted by molar-refractivity contribution is 0.123. The highest BCUT2D eigenvalue weighted by Crippen LogP contribution is 2.29. The predicted octanol–water partition coefficient (Wildman–Crippen LogP) is 3.85. The lowest BCUT2D eigenvalue weighted by atomic mass is 9.96. The lowest BCUT2D eigenvalue weighted by Crippen LogP contribution is -2.36. The van der Waals surface area contributed by atoms with Gasteiger partial charge in [-0.1, -0.05) is 20.8 Å². The number of carbonyl (C=O) groups is 1. The Labute approximate surface area is 180 Å². The number of hydrogen-bond donors (Lipinski definition) is 1. The smallest absolute Gasteiger partial charge is 0.407 e. The third-order valence-corrected chi connectivity index (χ3v) is 6.05. The largest absolute Gasteiger partial charge is 0.465 e. The van der Waals surface area contributed by atoms with E-state index in [9.17, 15) is 22.7 Å². The Hall–Kier alpha value is -3.27. The third kappa shape index (κ3) is 5.08. The average molecular weight is 447 g/mol. The first-order valence-corrected chi connectivity index (χ1v) is 10.9. The SMILES string of the molecule is CC(C)(C)CN(Cc1cc(-c2ccncc2F)n(S(=O)(=O)c2cccnc2)c1)C(=O)O. The fraction of sp³-hybridized carbons (Fsp3) is 0.286. The van der Waals surface area contributed by atoms with Crippen LogP contribution in [0.2, 0.25) is 0 Å². The zero-order valence-corrected chi connectivity index (χ0v) is 18.2. The van der Waals surface area contributed by atoms with Crippen molar-refractivity contribution < 1.29 is 22.7 Å². The number of carboxylic acid groups (broad SMARTS) is 1. The molecule has 3 aromatic rings. The molecular weight excluding hydrogens is 423 g/mol. The summed E-state index contributed by atoms with van der Waals surface area (Å²) in [5.41, 5.74) is 0.208. The van der Waals surface area contributed by atoms with Crippen molar-refractivity contribution in [3.63, 3.8) is 0 Å². The molecule has 1 N–H and O–H groups in total. The molecule has 8 nitrogen and oxygen atoms in total. The van der Waals surface area contributed by atoms with Gasteiger partial charge in [0.1, 0.15) is 4.90 Å². The van der Waals surface area contributed by atoms with E-state index in [0.29, 0.717) is 5.56 Å². The van der Waals surface area contributed by atoms with Crippen molar-refractivity contribution in [3.8, 4) is 11.3 Å². The van der Waals surface area contributed by atoms with Gasteiger partial charge in [-0.25, -0.2) is 21.6 Å². The van der Waals surface area contributed by atoms with Crippen LogP contribution in [0.25, 0.3) is 11.3 Å².